The van der Waals surface area contributed by atoms with Gasteiger partial charge in [0.2, 0.25) is 5.12 Å². The minimum atomic E-state index is -0.114. The third-order valence-corrected chi connectivity index (χ3v) is 2.86. The van der Waals surface area contributed by atoms with E-state index in [-0.39, 0.29) is 5.12 Å². The second-order valence-corrected chi connectivity index (χ2v) is 4.66. The van der Waals surface area contributed by atoms with Gasteiger partial charge in [-0.05, 0) is 11.6 Å². The number of carbonyl (C=O) groups is 1. The molecule has 18 heavy (non-hydrogen) atoms. The predicted molar refractivity (Wildman–Crippen MR) is 75.2 cm³/mol. The Hall–Kier alpha value is -1.94. The number of anilines is 1. The molecule has 0 aromatic heterocycles. The molecule has 2 aromatic rings. The van der Waals surface area contributed by atoms with Gasteiger partial charge in [0, 0.05) is 12.5 Å². The van der Waals surface area contributed by atoms with Crippen molar-refractivity contribution in [2.75, 3.05) is 5.73 Å². The molecule has 92 valence electrons. The van der Waals surface area contributed by atoms with Crippen LogP contribution >= 0.6 is 12.0 Å². The fraction of sp³-hybridized carbons (Fsp3) is 0.0714. The van der Waals surface area contributed by atoms with Crippen molar-refractivity contribution in [3.05, 3.63) is 48.5 Å². The summed E-state index contributed by atoms with van der Waals surface area (Å²) in [6.07, 6.45) is 0. The molecule has 0 bridgehead atoms. The second kappa shape index (κ2) is 5.60. The molecule has 0 amide bonds. The lowest BCUT2D eigenvalue weighted by molar-refractivity contribution is -0.109. The van der Waals surface area contributed by atoms with E-state index in [0.29, 0.717) is 11.4 Å². The maximum absolute atomic E-state index is 11.0. The molecule has 0 saturated carbocycles. The summed E-state index contributed by atoms with van der Waals surface area (Å²) in [7, 11) is 0. The average molecular weight is 259 g/mol. The van der Waals surface area contributed by atoms with Gasteiger partial charge in [-0.25, -0.2) is 0 Å². The molecule has 0 atom stereocenters. The van der Waals surface area contributed by atoms with Crippen LogP contribution in [0.3, 0.4) is 0 Å². The molecular weight excluding hydrogens is 246 g/mol. The van der Waals surface area contributed by atoms with E-state index in [1.54, 1.807) is 6.07 Å². The van der Waals surface area contributed by atoms with Crippen molar-refractivity contribution in [2.45, 2.75) is 6.92 Å². The molecule has 0 saturated heterocycles. The molecule has 4 heteroatoms. The van der Waals surface area contributed by atoms with Crippen LogP contribution in [0.25, 0.3) is 11.1 Å². The first-order chi connectivity index (χ1) is 8.68. The zero-order valence-electron chi connectivity index (χ0n) is 9.92. The highest BCUT2D eigenvalue weighted by molar-refractivity contribution is 8.09. The molecule has 0 aliphatic carbocycles. The van der Waals surface area contributed by atoms with E-state index >= 15 is 0 Å². The summed E-state index contributed by atoms with van der Waals surface area (Å²) in [5.41, 5.74) is 8.30. The number of benzene rings is 2. The van der Waals surface area contributed by atoms with Crippen LogP contribution in [-0.4, -0.2) is 5.12 Å². The number of nitrogens with two attached hydrogens (primary N) is 1. The summed E-state index contributed by atoms with van der Waals surface area (Å²) < 4.78 is 5.43. The predicted octanol–water partition coefficient (Wildman–Crippen LogP) is 3.51. The van der Waals surface area contributed by atoms with Crippen molar-refractivity contribution in [1.29, 1.82) is 0 Å². The molecule has 0 aliphatic rings. The highest BCUT2D eigenvalue weighted by Crippen LogP contribution is 2.36. The summed E-state index contributed by atoms with van der Waals surface area (Å²) in [4.78, 5) is 11.0. The Kier molecular flexibility index (Phi) is 3.89. The lowest BCUT2D eigenvalue weighted by atomic mass is 10.0. The van der Waals surface area contributed by atoms with Crippen LogP contribution in [0.15, 0.2) is 48.5 Å². The van der Waals surface area contributed by atoms with Crippen molar-refractivity contribution in [1.82, 2.24) is 0 Å². The molecule has 0 fully saturated rings. The Morgan fingerprint density at radius 3 is 2.50 bits per heavy atom. The molecule has 2 aromatic carbocycles. The van der Waals surface area contributed by atoms with Crippen molar-refractivity contribution in [3.8, 4) is 16.9 Å². The van der Waals surface area contributed by atoms with E-state index in [1.807, 2.05) is 42.5 Å². The molecule has 2 N–H and O–H groups in total. The lowest BCUT2D eigenvalue weighted by Crippen LogP contribution is -1.96. The van der Waals surface area contributed by atoms with Crippen LogP contribution in [0.5, 0.6) is 5.75 Å². The number of rotatable bonds is 3. The average Bonchev–Trinajstić information content (AvgIpc) is 2.38. The summed E-state index contributed by atoms with van der Waals surface area (Å²) in [6.45, 7) is 1.45. The van der Waals surface area contributed by atoms with Crippen molar-refractivity contribution < 1.29 is 8.98 Å². The molecular formula is C14H13NO2S. The molecule has 0 radical (unpaired) electrons. The van der Waals surface area contributed by atoms with Gasteiger partial charge in [0.15, 0.2) is 5.75 Å². The zero-order chi connectivity index (χ0) is 13.0. The fourth-order valence-corrected chi connectivity index (χ4v) is 1.98. The minimum Gasteiger partial charge on any atom is -0.415 e. The Balaban J connectivity index is 2.41. The zero-order valence-corrected chi connectivity index (χ0v) is 10.7. The topological polar surface area (TPSA) is 52.3 Å². The summed E-state index contributed by atoms with van der Waals surface area (Å²) in [5.74, 6) is 0.531. The molecule has 2 rings (SSSR count). The first-order valence-corrected chi connectivity index (χ1v) is 6.21. The van der Waals surface area contributed by atoms with E-state index in [9.17, 15) is 4.79 Å². The highest BCUT2D eigenvalue weighted by Gasteiger charge is 2.11. The van der Waals surface area contributed by atoms with Gasteiger partial charge in [-0.3, -0.25) is 4.79 Å². The monoisotopic (exact) mass is 259 g/mol. The molecule has 0 aliphatic heterocycles. The lowest BCUT2D eigenvalue weighted by Gasteiger charge is -2.11. The Bertz CT molecular complexity index is 555. The van der Waals surface area contributed by atoms with Gasteiger partial charge >= 0.3 is 0 Å². The first kappa shape index (κ1) is 12.5. The van der Waals surface area contributed by atoms with Crippen LogP contribution in [0.1, 0.15) is 6.92 Å². The largest absolute Gasteiger partial charge is 0.415 e. The van der Waals surface area contributed by atoms with Crippen LogP contribution in [0.4, 0.5) is 5.69 Å². The van der Waals surface area contributed by atoms with Gasteiger partial charge in [-0.1, -0.05) is 42.5 Å². The molecule has 0 heterocycles. The van der Waals surface area contributed by atoms with Crippen molar-refractivity contribution in [3.63, 3.8) is 0 Å². The van der Waals surface area contributed by atoms with E-state index < -0.39 is 0 Å². The molecule has 3 nitrogen and oxygen atoms in total. The van der Waals surface area contributed by atoms with Gasteiger partial charge in [0.1, 0.15) is 12.0 Å². The number of para-hydroxylation sites is 1. The van der Waals surface area contributed by atoms with Crippen molar-refractivity contribution >= 4 is 22.8 Å². The third-order valence-electron chi connectivity index (χ3n) is 2.37. The van der Waals surface area contributed by atoms with Crippen LogP contribution in [0.2, 0.25) is 0 Å². The van der Waals surface area contributed by atoms with E-state index in [0.717, 1.165) is 23.2 Å². The summed E-state index contributed by atoms with van der Waals surface area (Å²) in [5, 5.41) is -0.114. The minimum absolute atomic E-state index is 0.114. The van der Waals surface area contributed by atoms with E-state index in [2.05, 4.69) is 0 Å². The normalized spacial score (nSPS) is 10.1. The van der Waals surface area contributed by atoms with Gasteiger partial charge < -0.3 is 9.92 Å². The van der Waals surface area contributed by atoms with Crippen LogP contribution in [0, 0.1) is 0 Å². The Morgan fingerprint density at radius 2 is 1.83 bits per heavy atom. The van der Waals surface area contributed by atoms with Gasteiger partial charge in [-0.15, -0.1) is 0 Å². The van der Waals surface area contributed by atoms with E-state index in [1.165, 1.54) is 6.92 Å². The van der Waals surface area contributed by atoms with Gasteiger partial charge in [-0.2, -0.15) is 0 Å². The Morgan fingerprint density at radius 1 is 1.11 bits per heavy atom. The quantitative estimate of drug-likeness (QED) is 0.677. The maximum Gasteiger partial charge on any atom is 0.224 e. The highest BCUT2D eigenvalue weighted by atomic mass is 32.2. The van der Waals surface area contributed by atoms with E-state index in [4.69, 9.17) is 9.92 Å². The smallest absolute Gasteiger partial charge is 0.224 e. The number of nitrogen functional groups attached to an aromatic ring is 1. The fourth-order valence-electron chi connectivity index (χ4n) is 1.59. The Labute approximate surface area is 110 Å². The van der Waals surface area contributed by atoms with Crippen LogP contribution in [-0.2, 0) is 4.79 Å². The first-order valence-electron chi connectivity index (χ1n) is 5.47. The van der Waals surface area contributed by atoms with Crippen LogP contribution < -0.4 is 9.92 Å². The summed E-state index contributed by atoms with van der Waals surface area (Å²) >= 11 is 0.788. The van der Waals surface area contributed by atoms with Gasteiger partial charge in [0.25, 0.3) is 0 Å². The molecule has 0 unspecified atom stereocenters. The standard InChI is InChI=1S/C14H13NO2S/c1-10(16)18-17-14-12(8-5-9-13(14)15)11-6-3-2-4-7-11/h2-9H,15H2,1H3. The number of hydrogen-bond donors (Lipinski definition) is 1. The third kappa shape index (κ3) is 2.84. The number of hydrogen-bond acceptors (Lipinski definition) is 4. The summed E-state index contributed by atoms with van der Waals surface area (Å²) in [6, 6.07) is 15.3. The van der Waals surface area contributed by atoms with Gasteiger partial charge in [0.05, 0.1) is 5.69 Å². The maximum atomic E-state index is 11.0. The SMILES string of the molecule is CC(=O)SOc1c(N)cccc1-c1ccccc1. The molecule has 0 spiro atoms. The second-order valence-electron chi connectivity index (χ2n) is 3.75. The van der Waals surface area contributed by atoms with Crippen molar-refractivity contribution in [2.24, 2.45) is 0 Å². The number of carbonyl (C=O) groups excluding carboxylic acids is 1.